The normalized spacial score (nSPS) is 20.6. The molecule has 2 fully saturated rings. The summed E-state index contributed by atoms with van der Waals surface area (Å²) in [5.41, 5.74) is 7.48. The number of amides is 2. The third-order valence-corrected chi connectivity index (χ3v) is 11.3. The van der Waals surface area contributed by atoms with Gasteiger partial charge in [0.05, 0.1) is 23.0 Å². The maximum Gasteiger partial charge on any atom is 0.251 e. The van der Waals surface area contributed by atoms with E-state index < -0.39 is 5.41 Å². The van der Waals surface area contributed by atoms with Gasteiger partial charge in [0.2, 0.25) is 5.91 Å². The number of benzene rings is 2. The molecule has 48 heavy (non-hydrogen) atoms. The smallest absolute Gasteiger partial charge is 0.251 e. The Kier molecular flexibility index (Phi) is 8.52. The number of hydrogen-bond donors (Lipinski definition) is 2. The second-order valence-electron chi connectivity index (χ2n) is 14.3. The molecule has 1 saturated heterocycles. The number of carbonyl (C=O) groups excluding carboxylic acids is 2. The van der Waals surface area contributed by atoms with Crippen LogP contribution < -0.4 is 15.5 Å². The Hall–Kier alpha value is -4.24. The molecule has 9 heteroatoms. The summed E-state index contributed by atoms with van der Waals surface area (Å²) in [5, 5.41) is 6.28. The van der Waals surface area contributed by atoms with Crippen molar-refractivity contribution in [1.82, 2.24) is 24.8 Å². The lowest BCUT2D eigenvalue weighted by atomic mass is 9.76. The van der Waals surface area contributed by atoms with Crippen LogP contribution in [0.3, 0.4) is 0 Å². The van der Waals surface area contributed by atoms with E-state index >= 15 is 0 Å². The van der Waals surface area contributed by atoms with Crippen LogP contribution in [0.1, 0.15) is 100 Å². The number of imidazole rings is 1. The highest BCUT2D eigenvalue weighted by Gasteiger charge is 2.53. The quantitative estimate of drug-likeness (QED) is 0.195. The third-order valence-electron chi connectivity index (χ3n) is 11.3. The molecule has 0 atom stereocenters. The molecule has 7 rings (SSSR count). The van der Waals surface area contributed by atoms with Crippen molar-refractivity contribution < 1.29 is 9.59 Å². The highest BCUT2D eigenvalue weighted by molar-refractivity contribution is 6.09. The minimum atomic E-state index is -0.488. The molecular formula is C39H49N7O2. The number of nitrogens with one attached hydrogen (secondary N) is 2. The van der Waals surface area contributed by atoms with Gasteiger partial charge in [0.25, 0.3) is 5.91 Å². The molecule has 0 radical (unpaired) electrons. The van der Waals surface area contributed by atoms with Crippen LogP contribution in [0, 0.1) is 6.92 Å². The number of fused-ring (bicyclic) bond motifs is 2. The lowest BCUT2D eigenvalue weighted by molar-refractivity contribution is -0.124. The predicted octanol–water partition coefficient (Wildman–Crippen LogP) is 7.51. The van der Waals surface area contributed by atoms with E-state index in [2.05, 4.69) is 77.0 Å². The van der Waals surface area contributed by atoms with Crippen LogP contribution in [-0.4, -0.2) is 63.5 Å². The Morgan fingerprint density at radius 1 is 1.00 bits per heavy atom. The van der Waals surface area contributed by atoms with E-state index in [9.17, 15) is 9.59 Å². The fourth-order valence-electron chi connectivity index (χ4n) is 8.30. The first-order valence-corrected chi connectivity index (χ1v) is 17.9. The number of pyridine rings is 1. The average Bonchev–Trinajstić information content (AvgIpc) is 3.62. The highest BCUT2D eigenvalue weighted by Crippen LogP contribution is 2.51. The number of aryl methyl sites for hydroxylation is 1. The van der Waals surface area contributed by atoms with E-state index in [1.165, 1.54) is 32.4 Å². The summed E-state index contributed by atoms with van der Waals surface area (Å²) in [7, 11) is 1.64. The summed E-state index contributed by atoms with van der Waals surface area (Å²) in [6.07, 6.45) is 9.42. The second-order valence-corrected chi connectivity index (χ2v) is 14.3. The van der Waals surface area contributed by atoms with Crippen LogP contribution in [0.25, 0.3) is 22.3 Å². The summed E-state index contributed by atoms with van der Waals surface area (Å²) in [5.74, 6) is 0.805. The molecule has 4 heterocycles. The minimum absolute atomic E-state index is 0.128. The molecule has 2 aromatic carbocycles. The third kappa shape index (κ3) is 5.27. The summed E-state index contributed by atoms with van der Waals surface area (Å²) in [4.78, 5) is 41.8. The van der Waals surface area contributed by atoms with Crippen LogP contribution in [0.2, 0.25) is 0 Å². The Bertz CT molecular complexity index is 1860. The standard InChI is InChI=1S/C39H49N7O2/c1-7-39(8-2)31-15-13-26(18-34(31)46(38(39)48)29-20-28(21-29)44-16-10-9-11-17-44)32-22-33-35(45(23-41-33)24(3)4)36(43-32)42-27-14-12-25(5)30(19-27)37(47)40-6/h12-15,18-19,22-24,28-29H,7-11,16-17,20-21H2,1-6H3,(H,40,47)(H,42,43)/t28-,29+. The molecule has 252 valence electrons. The largest absolute Gasteiger partial charge is 0.355 e. The van der Waals surface area contributed by atoms with Gasteiger partial charge in [0.1, 0.15) is 5.52 Å². The lowest BCUT2D eigenvalue weighted by Gasteiger charge is -2.48. The summed E-state index contributed by atoms with van der Waals surface area (Å²) in [6.45, 7) is 12.9. The maximum atomic E-state index is 14.4. The molecule has 2 amide bonds. The number of nitrogens with zero attached hydrogens (tertiary/aromatic N) is 5. The number of likely N-dealkylation sites (tertiary alicyclic amines) is 1. The summed E-state index contributed by atoms with van der Waals surface area (Å²) >= 11 is 0. The lowest BCUT2D eigenvalue weighted by Crippen LogP contribution is -2.57. The maximum absolute atomic E-state index is 14.4. The monoisotopic (exact) mass is 647 g/mol. The van der Waals surface area contributed by atoms with Crippen LogP contribution in [0.15, 0.2) is 48.8 Å². The van der Waals surface area contributed by atoms with E-state index in [4.69, 9.17) is 9.97 Å². The van der Waals surface area contributed by atoms with Crippen LogP contribution in [-0.2, 0) is 10.2 Å². The van der Waals surface area contributed by atoms with Gasteiger partial charge >= 0.3 is 0 Å². The summed E-state index contributed by atoms with van der Waals surface area (Å²) in [6, 6.07) is 15.3. The number of anilines is 3. The van der Waals surface area contributed by atoms with Gasteiger partial charge in [-0.15, -0.1) is 0 Å². The molecule has 9 nitrogen and oxygen atoms in total. The topological polar surface area (TPSA) is 95.4 Å². The molecule has 3 aliphatic rings. The molecular weight excluding hydrogens is 598 g/mol. The van der Waals surface area contributed by atoms with Crippen molar-refractivity contribution in [3.8, 4) is 11.3 Å². The SMILES string of the molecule is CCC1(CC)C(=O)N([C@H]2C[C@@H](N3CCCCC3)C2)c2cc(-c3cc4ncn(C(C)C)c4c(Nc4ccc(C)c(C(=O)NC)c4)n3)ccc21. The number of piperidine rings is 1. The van der Waals surface area contributed by atoms with Crippen molar-refractivity contribution in [3.05, 3.63) is 65.5 Å². The van der Waals surface area contributed by atoms with Gasteiger partial charge < -0.3 is 25.0 Å². The first kappa shape index (κ1) is 32.3. The van der Waals surface area contributed by atoms with Gasteiger partial charge in [-0.05, 0) is 108 Å². The molecule has 2 N–H and O–H groups in total. The number of rotatable bonds is 9. The van der Waals surface area contributed by atoms with Gasteiger partial charge in [0.15, 0.2) is 5.82 Å². The minimum Gasteiger partial charge on any atom is -0.355 e. The van der Waals surface area contributed by atoms with Crippen LogP contribution >= 0.6 is 0 Å². The Labute approximate surface area is 284 Å². The van der Waals surface area contributed by atoms with E-state index in [1.54, 1.807) is 7.05 Å². The van der Waals surface area contributed by atoms with Gasteiger partial charge in [-0.2, -0.15) is 0 Å². The average molecular weight is 648 g/mol. The number of hydrogen-bond acceptors (Lipinski definition) is 6. The van der Waals surface area contributed by atoms with Crippen molar-refractivity contribution >= 4 is 40.0 Å². The zero-order valence-corrected chi connectivity index (χ0v) is 29.3. The first-order valence-electron chi connectivity index (χ1n) is 17.9. The van der Waals surface area contributed by atoms with Crippen molar-refractivity contribution in [2.45, 2.75) is 103 Å². The van der Waals surface area contributed by atoms with E-state index in [1.807, 2.05) is 31.5 Å². The summed E-state index contributed by atoms with van der Waals surface area (Å²) < 4.78 is 2.12. The highest BCUT2D eigenvalue weighted by atomic mass is 16.2. The molecule has 0 spiro atoms. The fourth-order valence-corrected chi connectivity index (χ4v) is 8.30. The van der Waals surface area contributed by atoms with E-state index in [0.29, 0.717) is 17.4 Å². The Morgan fingerprint density at radius 2 is 1.75 bits per heavy atom. The molecule has 1 aliphatic carbocycles. The molecule has 2 aromatic heterocycles. The molecule has 2 aliphatic heterocycles. The van der Waals surface area contributed by atoms with Gasteiger partial charge in [-0.3, -0.25) is 9.59 Å². The first-order chi connectivity index (χ1) is 23.2. The zero-order valence-electron chi connectivity index (χ0n) is 29.3. The van der Waals surface area contributed by atoms with Crippen LogP contribution in [0.5, 0.6) is 0 Å². The van der Waals surface area contributed by atoms with E-state index in [0.717, 1.165) is 70.5 Å². The van der Waals surface area contributed by atoms with Crippen molar-refractivity contribution in [2.24, 2.45) is 0 Å². The second kappa shape index (κ2) is 12.7. The number of aromatic nitrogens is 3. The van der Waals surface area contributed by atoms with Gasteiger partial charge in [-0.25, -0.2) is 9.97 Å². The van der Waals surface area contributed by atoms with Crippen molar-refractivity contribution in [3.63, 3.8) is 0 Å². The van der Waals surface area contributed by atoms with Crippen molar-refractivity contribution in [2.75, 3.05) is 30.4 Å². The van der Waals surface area contributed by atoms with Gasteiger partial charge in [-0.1, -0.05) is 38.5 Å². The fraction of sp³-hybridized carbons (Fsp3) is 0.487. The molecule has 0 unspecified atom stereocenters. The van der Waals surface area contributed by atoms with Crippen molar-refractivity contribution in [1.29, 1.82) is 0 Å². The molecule has 1 saturated carbocycles. The molecule has 0 bridgehead atoms. The van der Waals surface area contributed by atoms with Gasteiger partial charge in [0, 0.05) is 47.7 Å². The molecule has 4 aromatic rings. The Balaban J connectivity index is 1.29. The number of carbonyl (C=O) groups is 2. The Morgan fingerprint density at radius 3 is 2.44 bits per heavy atom. The van der Waals surface area contributed by atoms with E-state index in [-0.39, 0.29) is 23.9 Å². The van der Waals surface area contributed by atoms with Crippen LogP contribution in [0.4, 0.5) is 17.2 Å². The zero-order chi connectivity index (χ0) is 33.7. The predicted molar refractivity (Wildman–Crippen MR) is 193 cm³/mol.